The summed E-state index contributed by atoms with van der Waals surface area (Å²) in [6.45, 7) is 0.615. The van der Waals surface area contributed by atoms with Crippen LogP contribution in [0.1, 0.15) is 38.5 Å². The molecule has 13 heavy (non-hydrogen) atoms. The number of hydrogen-bond donors (Lipinski definition) is 0. The molecule has 0 saturated heterocycles. The van der Waals surface area contributed by atoms with Crippen LogP contribution in [0.2, 0.25) is 0 Å². The lowest BCUT2D eigenvalue weighted by Crippen LogP contribution is -2.10. The second kappa shape index (κ2) is 6.30. The van der Waals surface area contributed by atoms with E-state index in [1.54, 1.807) is 6.26 Å². The van der Waals surface area contributed by atoms with Crippen molar-refractivity contribution in [2.24, 2.45) is 5.92 Å². The first-order valence-electron chi connectivity index (χ1n) is 5.03. The second-order valence-corrected chi connectivity index (χ2v) is 4.34. The number of hydrogen-bond acceptors (Lipinski definition) is 3. The molecule has 0 N–H and O–H groups in total. The Bertz CT molecular complexity index is 153. The topological polar surface area (TPSA) is 26.3 Å². The molecule has 1 fully saturated rings. The van der Waals surface area contributed by atoms with Crippen molar-refractivity contribution in [3.8, 4) is 0 Å². The van der Waals surface area contributed by atoms with Gasteiger partial charge in [-0.3, -0.25) is 0 Å². The number of rotatable bonds is 3. The Morgan fingerprint density at radius 2 is 2.08 bits per heavy atom. The maximum absolute atomic E-state index is 10.8. The first-order chi connectivity index (χ1) is 6.33. The lowest BCUT2D eigenvalue weighted by atomic mass is 9.87. The third-order valence-electron chi connectivity index (χ3n) is 2.64. The zero-order chi connectivity index (χ0) is 9.52. The van der Waals surface area contributed by atoms with Crippen LogP contribution in [0.25, 0.3) is 0 Å². The maximum atomic E-state index is 10.8. The van der Waals surface area contributed by atoms with Gasteiger partial charge in [-0.05, 0) is 30.4 Å². The van der Waals surface area contributed by atoms with Crippen molar-refractivity contribution in [3.05, 3.63) is 0 Å². The molecule has 0 bridgehead atoms. The molecule has 1 aliphatic carbocycles. The molecule has 2 nitrogen and oxygen atoms in total. The first-order valence-corrected chi connectivity index (χ1v) is 6.26. The maximum Gasteiger partial charge on any atom is 0.367 e. The van der Waals surface area contributed by atoms with Crippen molar-refractivity contribution in [3.63, 3.8) is 0 Å². The van der Waals surface area contributed by atoms with E-state index in [1.807, 2.05) is 0 Å². The van der Waals surface area contributed by atoms with E-state index in [9.17, 15) is 4.79 Å². The van der Waals surface area contributed by atoms with Crippen molar-refractivity contribution in [1.29, 1.82) is 0 Å². The quantitative estimate of drug-likeness (QED) is 0.656. The van der Waals surface area contributed by atoms with E-state index in [0.717, 1.165) is 24.1 Å². The Morgan fingerprint density at radius 1 is 1.38 bits per heavy atom. The molecule has 1 rings (SSSR count). The third-order valence-corrected chi connectivity index (χ3v) is 3.09. The van der Waals surface area contributed by atoms with Gasteiger partial charge in [0.05, 0.1) is 6.61 Å². The molecular weight excluding hydrogens is 184 g/mol. The predicted molar refractivity (Wildman–Crippen MR) is 56.1 cm³/mol. The molecule has 3 heteroatoms. The predicted octanol–water partition coefficient (Wildman–Crippen LogP) is 3.46. The largest absolute Gasteiger partial charge is 0.458 e. The van der Waals surface area contributed by atoms with E-state index < -0.39 is 0 Å². The molecule has 0 radical (unpaired) electrons. The van der Waals surface area contributed by atoms with Gasteiger partial charge in [-0.1, -0.05) is 32.1 Å². The summed E-state index contributed by atoms with van der Waals surface area (Å²) in [6.07, 6.45) is 9.59. The van der Waals surface area contributed by atoms with Gasteiger partial charge in [-0.2, -0.15) is 0 Å². The lowest BCUT2D eigenvalue weighted by Gasteiger charge is -2.20. The smallest absolute Gasteiger partial charge is 0.367 e. The van der Waals surface area contributed by atoms with Crippen molar-refractivity contribution in [2.75, 3.05) is 12.9 Å². The summed E-state index contributed by atoms with van der Waals surface area (Å²) in [5.41, 5.74) is 0. The Hall–Kier alpha value is -0.180. The molecule has 1 saturated carbocycles. The van der Waals surface area contributed by atoms with E-state index in [4.69, 9.17) is 4.74 Å². The molecular formula is C10H18O2S. The van der Waals surface area contributed by atoms with Gasteiger partial charge in [-0.25, -0.2) is 4.79 Å². The van der Waals surface area contributed by atoms with Crippen LogP contribution < -0.4 is 0 Å². The zero-order valence-corrected chi connectivity index (χ0v) is 9.07. The normalized spacial score (nSPS) is 18.5. The summed E-state index contributed by atoms with van der Waals surface area (Å²) in [6, 6.07) is 0. The summed E-state index contributed by atoms with van der Waals surface area (Å²) in [5, 5.41) is -0.143. The fourth-order valence-electron chi connectivity index (χ4n) is 1.84. The Morgan fingerprint density at radius 3 is 2.69 bits per heavy atom. The summed E-state index contributed by atoms with van der Waals surface area (Å²) >= 11 is 1.15. The molecule has 76 valence electrons. The van der Waals surface area contributed by atoms with Gasteiger partial charge in [-0.15, -0.1) is 0 Å². The highest BCUT2D eigenvalue weighted by molar-refractivity contribution is 8.12. The SMILES string of the molecule is CSC(=O)OCCC1CCCCC1. The Kier molecular flexibility index (Phi) is 5.28. The molecule has 0 atom stereocenters. The highest BCUT2D eigenvalue weighted by Crippen LogP contribution is 2.26. The molecule has 0 aliphatic heterocycles. The van der Waals surface area contributed by atoms with E-state index >= 15 is 0 Å². The third kappa shape index (κ3) is 4.55. The molecule has 1 aliphatic rings. The van der Waals surface area contributed by atoms with Crippen LogP contribution in [0.3, 0.4) is 0 Å². The van der Waals surface area contributed by atoms with Crippen LogP contribution in [0, 0.1) is 5.92 Å². The van der Waals surface area contributed by atoms with Gasteiger partial charge >= 0.3 is 5.30 Å². The van der Waals surface area contributed by atoms with Gasteiger partial charge < -0.3 is 4.74 Å². The van der Waals surface area contributed by atoms with Gasteiger partial charge in [0.15, 0.2) is 0 Å². The monoisotopic (exact) mass is 202 g/mol. The minimum atomic E-state index is -0.143. The van der Waals surface area contributed by atoms with E-state index in [0.29, 0.717) is 6.61 Å². The van der Waals surface area contributed by atoms with Crippen LogP contribution in [0.4, 0.5) is 4.79 Å². The van der Waals surface area contributed by atoms with Crippen molar-refractivity contribution < 1.29 is 9.53 Å². The Balaban J connectivity index is 2.01. The number of carbonyl (C=O) groups excluding carboxylic acids is 1. The van der Waals surface area contributed by atoms with E-state index in [2.05, 4.69) is 0 Å². The Labute approximate surface area is 84.4 Å². The molecule has 0 unspecified atom stereocenters. The van der Waals surface area contributed by atoms with Gasteiger partial charge in [0.2, 0.25) is 0 Å². The lowest BCUT2D eigenvalue weighted by molar-refractivity contribution is 0.160. The number of carbonyl (C=O) groups is 1. The second-order valence-electron chi connectivity index (χ2n) is 3.60. The summed E-state index contributed by atoms with van der Waals surface area (Å²) in [5.74, 6) is 0.809. The molecule has 0 aromatic heterocycles. The molecule has 0 spiro atoms. The standard InChI is InChI=1S/C10H18O2S/c1-13-10(11)12-8-7-9-5-3-2-4-6-9/h9H,2-8H2,1H3. The average molecular weight is 202 g/mol. The van der Waals surface area contributed by atoms with E-state index in [1.165, 1.54) is 32.1 Å². The van der Waals surface area contributed by atoms with Crippen LogP contribution in [-0.4, -0.2) is 18.2 Å². The minimum absolute atomic E-state index is 0.143. The summed E-state index contributed by atoms with van der Waals surface area (Å²) in [4.78, 5) is 10.8. The zero-order valence-electron chi connectivity index (χ0n) is 8.25. The summed E-state index contributed by atoms with van der Waals surface area (Å²) < 4.78 is 5.02. The molecule has 0 amide bonds. The highest BCUT2D eigenvalue weighted by Gasteiger charge is 2.13. The van der Waals surface area contributed by atoms with Crippen molar-refractivity contribution in [2.45, 2.75) is 38.5 Å². The van der Waals surface area contributed by atoms with Crippen molar-refractivity contribution in [1.82, 2.24) is 0 Å². The first kappa shape index (κ1) is 10.9. The minimum Gasteiger partial charge on any atom is -0.458 e. The summed E-state index contributed by atoms with van der Waals surface area (Å²) in [7, 11) is 0. The molecule has 0 aromatic rings. The molecule has 0 heterocycles. The number of ether oxygens (including phenoxy) is 1. The molecule has 0 aromatic carbocycles. The highest BCUT2D eigenvalue weighted by atomic mass is 32.2. The van der Waals surface area contributed by atoms with Gasteiger partial charge in [0, 0.05) is 0 Å². The van der Waals surface area contributed by atoms with Crippen LogP contribution in [0.15, 0.2) is 0 Å². The van der Waals surface area contributed by atoms with Crippen LogP contribution in [0.5, 0.6) is 0 Å². The van der Waals surface area contributed by atoms with Crippen LogP contribution in [-0.2, 0) is 4.74 Å². The van der Waals surface area contributed by atoms with Crippen molar-refractivity contribution >= 4 is 17.1 Å². The average Bonchev–Trinajstić information content (AvgIpc) is 2.19. The fraction of sp³-hybridized carbons (Fsp3) is 0.900. The van der Waals surface area contributed by atoms with Gasteiger partial charge in [0.1, 0.15) is 0 Å². The fourth-order valence-corrected chi connectivity index (χ4v) is 2.04. The number of thioether (sulfide) groups is 1. The van der Waals surface area contributed by atoms with Crippen LogP contribution >= 0.6 is 11.8 Å². The van der Waals surface area contributed by atoms with E-state index in [-0.39, 0.29) is 5.30 Å². The van der Waals surface area contributed by atoms with Gasteiger partial charge in [0.25, 0.3) is 0 Å².